The van der Waals surface area contributed by atoms with Crippen molar-refractivity contribution in [3.05, 3.63) is 97.4 Å². The Balaban J connectivity index is 2.00. The predicted octanol–water partition coefficient (Wildman–Crippen LogP) is 1.83. The van der Waals surface area contributed by atoms with Crippen LogP contribution >= 0.6 is 0 Å². The number of nitrogens with one attached hydrogen (secondary N) is 1. The van der Waals surface area contributed by atoms with E-state index in [1.54, 1.807) is 18.2 Å². The van der Waals surface area contributed by atoms with Gasteiger partial charge in [0.05, 0.1) is 23.5 Å². The highest BCUT2D eigenvalue weighted by Crippen LogP contribution is 2.17. The second-order valence-electron chi connectivity index (χ2n) is 5.87. The van der Waals surface area contributed by atoms with E-state index in [9.17, 15) is 19.7 Å². The van der Waals surface area contributed by atoms with Gasteiger partial charge in [0.2, 0.25) is 0 Å². The van der Waals surface area contributed by atoms with E-state index in [0.29, 0.717) is 0 Å². The van der Waals surface area contributed by atoms with Crippen molar-refractivity contribution in [1.82, 2.24) is 19.1 Å². The Morgan fingerprint density at radius 3 is 2.59 bits per heavy atom. The summed E-state index contributed by atoms with van der Waals surface area (Å²) in [5, 5.41) is 11.1. The number of nitro groups is 1. The predicted molar refractivity (Wildman–Crippen MR) is 98.1 cm³/mol. The molecule has 0 aliphatic rings. The van der Waals surface area contributed by atoms with Crippen LogP contribution in [0.25, 0.3) is 16.9 Å². The number of imidazole rings is 1. The van der Waals surface area contributed by atoms with Gasteiger partial charge in [0, 0.05) is 12.1 Å². The van der Waals surface area contributed by atoms with Crippen LogP contribution in [-0.2, 0) is 6.54 Å². The number of H-pyrrole nitrogens is 1. The first-order valence-electron chi connectivity index (χ1n) is 8.04. The monoisotopic (exact) mass is 363 g/mol. The lowest BCUT2D eigenvalue weighted by molar-refractivity contribution is -0.384. The average Bonchev–Trinajstić information content (AvgIpc) is 3.16. The molecule has 9 heteroatoms. The van der Waals surface area contributed by atoms with Crippen molar-refractivity contribution in [3.63, 3.8) is 0 Å². The molecular formula is C18H13N5O4. The maximum Gasteiger partial charge on any atom is 0.337 e. The number of fused-ring (bicyclic) bond motifs is 1. The van der Waals surface area contributed by atoms with Crippen LogP contribution in [0.2, 0.25) is 0 Å². The molecule has 0 saturated carbocycles. The number of hydrogen-bond acceptors (Lipinski definition) is 5. The van der Waals surface area contributed by atoms with E-state index >= 15 is 0 Å². The smallest absolute Gasteiger partial charge is 0.337 e. The molecule has 0 spiro atoms. The Bertz CT molecular complexity index is 1270. The van der Waals surface area contributed by atoms with Crippen molar-refractivity contribution >= 4 is 16.9 Å². The third-order valence-electron chi connectivity index (χ3n) is 4.19. The number of hydrogen-bond donors (Lipinski definition) is 1. The van der Waals surface area contributed by atoms with Gasteiger partial charge in [0.15, 0.2) is 5.65 Å². The summed E-state index contributed by atoms with van der Waals surface area (Å²) < 4.78 is 2.28. The fraction of sp³-hybridized carbons (Fsp3) is 0.0556. The Morgan fingerprint density at radius 1 is 1.07 bits per heavy atom. The highest BCUT2D eigenvalue weighted by atomic mass is 16.6. The van der Waals surface area contributed by atoms with Gasteiger partial charge in [-0.3, -0.25) is 19.5 Å². The summed E-state index contributed by atoms with van der Waals surface area (Å²) in [5.74, 6) is 0. The first-order chi connectivity index (χ1) is 13.1. The summed E-state index contributed by atoms with van der Waals surface area (Å²) in [6, 6.07) is 14.7. The number of non-ortho nitro benzene ring substituents is 1. The molecule has 2 aromatic heterocycles. The van der Waals surface area contributed by atoms with Crippen molar-refractivity contribution in [2.24, 2.45) is 0 Å². The lowest BCUT2D eigenvalue weighted by atomic mass is 10.2. The highest BCUT2D eigenvalue weighted by molar-refractivity contribution is 5.71. The van der Waals surface area contributed by atoms with Crippen LogP contribution in [0, 0.1) is 10.1 Å². The summed E-state index contributed by atoms with van der Waals surface area (Å²) in [7, 11) is 0. The minimum atomic E-state index is -0.621. The van der Waals surface area contributed by atoms with Gasteiger partial charge in [-0.25, -0.2) is 14.3 Å². The fourth-order valence-electron chi connectivity index (χ4n) is 2.93. The van der Waals surface area contributed by atoms with Crippen LogP contribution in [0.5, 0.6) is 0 Å². The topological polar surface area (TPSA) is 116 Å². The lowest BCUT2D eigenvalue weighted by Crippen LogP contribution is -2.39. The SMILES string of the molecule is O=c1c2[nH]cnc2n(-c2cccc([N+](=O)[O-])c2)c(=O)n1Cc1ccccc1. The molecule has 2 heterocycles. The normalized spacial score (nSPS) is 11.0. The molecule has 9 nitrogen and oxygen atoms in total. The van der Waals surface area contributed by atoms with Crippen LogP contribution in [0.15, 0.2) is 70.5 Å². The minimum absolute atomic E-state index is 0.0718. The number of rotatable bonds is 4. The van der Waals surface area contributed by atoms with Crippen molar-refractivity contribution in [2.45, 2.75) is 6.54 Å². The fourth-order valence-corrected chi connectivity index (χ4v) is 2.93. The zero-order chi connectivity index (χ0) is 19.0. The van der Waals surface area contributed by atoms with E-state index in [1.165, 1.54) is 29.1 Å². The molecule has 0 bridgehead atoms. The van der Waals surface area contributed by atoms with Gasteiger partial charge in [-0.15, -0.1) is 0 Å². The summed E-state index contributed by atoms with van der Waals surface area (Å²) >= 11 is 0. The third-order valence-corrected chi connectivity index (χ3v) is 4.19. The van der Waals surface area contributed by atoms with Crippen LogP contribution < -0.4 is 11.2 Å². The first kappa shape index (κ1) is 16.5. The van der Waals surface area contributed by atoms with Crippen molar-refractivity contribution in [3.8, 4) is 5.69 Å². The molecule has 0 radical (unpaired) electrons. The van der Waals surface area contributed by atoms with Crippen LogP contribution in [0.3, 0.4) is 0 Å². The van der Waals surface area contributed by atoms with E-state index in [1.807, 2.05) is 18.2 Å². The lowest BCUT2D eigenvalue weighted by Gasteiger charge is -2.11. The summed E-state index contributed by atoms with van der Waals surface area (Å²) in [4.78, 5) is 43.2. The third kappa shape index (κ3) is 2.80. The van der Waals surface area contributed by atoms with Crippen LogP contribution in [0.4, 0.5) is 5.69 Å². The maximum absolute atomic E-state index is 13.1. The molecule has 0 atom stereocenters. The van der Waals surface area contributed by atoms with Gasteiger partial charge in [-0.2, -0.15) is 0 Å². The molecule has 134 valence electrons. The van der Waals surface area contributed by atoms with Crippen molar-refractivity contribution in [1.29, 1.82) is 0 Å². The molecule has 0 aliphatic carbocycles. The van der Waals surface area contributed by atoms with E-state index in [2.05, 4.69) is 9.97 Å². The van der Waals surface area contributed by atoms with E-state index in [4.69, 9.17) is 0 Å². The standard InChI is InChI=1S/C18H13N5O4/c24-17-15-16(20-11-19-15)22(13-7-4-8-14(9-13)23(26)27)18(25)21(17)10-12-5-2-1-3-6-12/h1-9,11H,10H2,(H,19,20). The Hall–Kier alpha value is -4.01. The molecule has 4 aromatic rings. The molecule has 0 fully saturated rings. The molecule has 4 rings (SSSR count). The summed E-state index contributed by atoms with van der Waals surface area (Å²) in [5.41, 5.74) is 0.0204. The van der Waals surface area contributed by atoms with E-state index in [0.717, 1.165) is 10.1 Å². The molecule has 0 aliphatic heterocycles. The second-order valence-corrected chi connectivity index (χ2v) is 5.87. The van der Waals surface area contributed by atoms with Gasteiger partial charge >= 0.3 is 5.69 Å². The Labute approximate surface area is 151 Å². The van der Waals surface area contributed by atoms with Gasteiger partial charge in [0.25, 0.3) is 11.2 Å². The molecule has 27 heavy (non-hydrogen) atoms. The highest BCUT2D eigenvalue weighted by Gasteiger charge is 2.18. The van der Waals surface area contributed by atoms with Gasteiger partial charge in [-0.1, -0.05) is 36.4 Å². The molecule has 0 amide bonds. The summed E-state index contributed by atoms with van der Waals surface area (Å²) in [6.07, 6.45) is 1.31. The molecule has 2 aromatic carbocycles. The summed E-state index contributed by atoms with van der Waals surface area (Å²) in [6.45, 7) is 0.0718. The van der Waals surface area contributed by atoms with Crippen molar-refractivity contribution < 1.29 is 4.92 Å². The zero-order valence-corrected chi connectivity index (χ0v) is 13.9. The Kier molecular flexibility index (Phi) is 3.88. The van der Waals surface area contributed by atoms with Crippen molar-refractivity contribution in [2.75, 3.05) is 0 Å². The molecule has 0 saturated heterocycles. The number of benzene rings is 2. The van der Waals surface area contributed by atoms with E-state index < -0.39 is 16.2 Å². The quantitative estimate of drug-likeness (QED) is 0.439. The number of aromatic nitrogens is 4. The largest absolute Gasteiger partial charge is 0.339 e. The minimum Gasteiger partial charge on any atom is -0.339 e. The first-order valence-corrected chi connectivity index (χ1v) is 8.04. The molecular weight excluding hydrogens is 350 g/mol. The van der Waals surface area contributed by atoms with E-state index in [-0.39, 0.29) is 29.1 Å². The molecule has 0 unspecified atom stereocenters. The zero-order valence-electron chi connectivity index (χ0n) is 13.9. The van der Waals surface area contributed by atoms with Gasteiger partial charge < -0.3 is 4.98 Å². The van der Waals surface area contributed by atoms with Gasteiger partial charge in [-0.05, 0) is 11.6 Å². The second kappa shape index (κ2) is 6.37. The maximum atomic E-state index is 13.1. The van der Waals surface area contributed by atoms with Crippen LogP contribution in [0.1, 0.15) is 5.56 Å². The van der Waals surface area contributed by atoms with Gasteiger partial charge in [0.1, 0.15) is 5.52 Å². The molecule has 1 N–H and O–H groups in total. The number of nitro benzene ring substituents is 1. The average molecular weight is 363 g/mol. The van der Waals surface area contributed by atoms with Crippen LogP contribution in [-0.4, -0.2) is 24.0 Å². The number of nitrogens with zero attached hydrogens (tertiary/aromatic N) is 4. The Morgan fingerprint density at radius 2 is 1.85 bits per heavy atom. The number of aromatic amines is 1.